The summed E-state index contributed by atoms with van der Waals surface area (Å²) in [6, 6.07) is 13.4. The van der Waals surface area contributed by atoms with E-state index in [-0.39, 0.29) is 24.5 Å². The van der Waals surface area contributed by atoms with E-state index in [1.54, 1.807) is 64.4 Å². The van der Waals surface area contributed by atoms with Crippen molar-refractivity contribution < 1.29 is 33.1 Å². The van der Waals surface area contributed by atoms with Crippen molar-refractivity contribution in [3.8, 4) is 11.5 Å². The number of phenolic OH excluding ortho intramolecular Hbond substituents is 1. The standard InChI is InChI=1S/C22H28NO7P/c1-5-28-31(26,29-6-2)22-19(20(25)17-9-7-8-10-18(17)24)21(30-23(22)3)15-11-13-16(27-4)14-12-15/h7-14,19,21-22,24H,5-6H2,1-4H3/t19-,21-,22-/m1/s1. The number of phenols is 1. The lowest BCUT2D eigenvalue weighted by molar-refractivity contribution is -0.137. The fourth-order valence-corrected chi connectivity index (χ4v) is 6.07. The van der Waals surface area contributed by atoms with E-state index in [9.17, 15) is 14.5 Å². The predicted molar refractivity (Wildman–Crippen MR) is 115 cm³/mol. The molecule has 0 spiro atoms. The van der Waals surface area contributed by atoms with Crippen LogP contribution in [0.4, 0.5) is 0 Å². The van der Waals surface area contributed by atoms with Crippen molar-refractivity contribution in [3.63, 3.8) is 0 Å². The summed E-state index contributed by atoms with van der Waals surface area (Å²) in [5.74, 6) is -1.85. The van der Waals surface area contributed by atoms with Gasteiger partial charge in [0.25, 0.3) is 0 Å². The highest BCUT2D eigenvalue weighted by Gasteiger charge is 2.56. The maximum atomic E-state index is 13.7. The molecule has 1 fully saturated rings. The van der Waals surface area contributed by atoms with E-state index in [4.69, 9.17) is 18.6 Å². The summed E-state index contributed by atoms with van der Waals surface area (Å²) in [4.78, 5) is 19.7. The number of hydrogen-bond donors (Lipinski definition) is 1. The van der Waals surface area contributed by atoms with E-state index < -0.39 is 31.2 Å². The third-order valence-corrected chi connectivity index (χ3v) is 7.69. The first-order valence-corrected chi connectivity index (χ1v) is 11.7. The molecule has 1 saturated heterocycles. The van der Waals surface area contributed by atoms with Gasteiger partial charge in [-0.05, 0) is 43.7 Å². The van der Waals surface area contributed by atoms with Crippen LogP contribution >= 0.6 is 7.60 Å². The second kappa shape index (κ2) is 9.94. The smallest absolute Gasteiger partial charge is 0.350 e. The summed E-state index contributed by atoms with van der Waals surface area (Å²) in [5, 5.41) is 11.7. The van der Waals surface area contributed by atoms with Gasteiger partial charge in [-0.15, -0.1) is 0 Å². The summed E-state index contributed by atoms with van der Waals surface area (Å²) < 4.78 is 30.1. The van der Waals surface area contributed by atoms with Crippen molar-refractivity contribution in [2.45, 2.75) is 25.7 Å². The van der Waals surface area contributed by atoms with Crippen LogP contribution in [0.3, 0.4) is 0 Å². The van der Waals surface area contributed by atoms with Gasteiger partial charge in [0.15, 0.2) is 5.78 Å². The average Bonchev–Trinajstić information content (AvgIpc) is 3.12. The Balaban J connectivity index is 2.11. The SMILES string of the molecule is CCOP(=O)(OCC)[C@@H]1[C@H](C(=O)c2ccccc2O)[C@@H](c2ccc(OC)cc2)ON1C. The molecule has 8 nitrogen and oxygen atoms in total. The van der Waals surface area contributed by atoms with Crippen LogP contribution in [0.15, 0.2) is 48.5 Å². The molecule has 0 amide bonds. The summed E-state index contributed by atoms with van der Waals surface area (Å²) in [5.41, 5.74) is 0.818. The Bertz CT molecular complexity index is 939. The van der Waals surface area contributed by atoms with Crippen LogP contribution in [0.1, 0.15) is 35.9 Å². The van der Waals surface area contributed by atoms with Crippen molar-refractivity contribution in [1.29, 1.82) is 0 Å². The second-order valence-electron chi connectivity index (χ2n) is 7.04. The molecular weight excluding hydrogens is 421 g/mol. The maximum absolute atomic E-state index is 13.7. The van der Waals surface area contributed by atoms with Crippen LogP contribution in [-0.4, -0.2) is 49.1 Å². The van der Waals surface area contributed by atoms with Crippen LogP contribution in [-0.2, 0) is 18.5 Å². The maximum Gasteiger partial charge on any atom is 0.350 e. The number of benzene rings is 2. The van der Waals surface area contributed by atoms with Crippen LogP contribution in [0.2, 0.25) is 0 Å². The molecule has 1 N–H and O–H groups in total. The molecule has 0 saturated carbocycles. The number of hydroxylamine groups is 2. The lowest BCUT2D eigenvalue weighted by Crippen LogP contribution is -2.35. The second-order valence-corrected chi connectivity index (χ2v) is 9.17. The number of ether oxygens (including phenoxy) is 1. The summed E-state index contributed by atoms with van der Waals surface area (Å²) in [6.45, 7) is 3.71. The van der Waals surface area contributed by atoms with E-state index >= 15 is 0 Å². The molecule has 168 valence electrons. The number of Topliss-reactive ketones (excluding diaryl/α,β-unsaturated/α-hetero) is 1. The highest BCUT2D eigenvalue weighted by Crippen LogP contribution is 2.62. The Kier molecular flexibility index (Phi) is 7.51. The number of para-hydroxylation sites is 1. The molecule has 0 aliphatic carbocycles. The average molecular weight is 449 g/mol. The Morgan fingerprint density at radius 3 is 2.26 bits per heavy atom. The molecule has 31 heavy (non-hydrogen) atoms. The molecule has 2 aromatic carbocycles. The minimum atomic E-state index is -3.77. The highest BCUT2D eigenvalue weighted by atomic mass is 31.2. The van der Waals surface area contributed by atoms with Crippen molar-refractivity contribution in [2.75, 3.05) is 27.4 Å². The third kappa shape index (κ3) is 4.68. The van der Waals surface area contributed by atoms with Crippen LogP contribution in [0.5, 0.6) is 11.5 Å². The van der Waals surface area contributed by atoms with Gasteiger partial charge in [0.05, 0.1) is 31.8 Å². The molecule has 1 heterocycles. The number of carbonyl (C=O) groups excluding carboxylic acids is 1. The number of aromatic hydroxyl groups is 1. The summed E-state index contributed by atoms with van der Waals surface area (Å²) in [6.07, 6.45) is -0.762. The Hall–Kier alpha value is -2.22. The zero-order valence-electron chi connectivity index (χ0n) is 18.1. The van der Waals surface area contributed by atoms with Crippen LogP contribution in [0.25, 0.3) is 0 Å². The number of nitrogens with zero attached hydrogens (tertiary/aromatic N) is 1. The predicted octanol–water partition coefficient (Wildman–Crippen LogP) is 4.41. The minimum Gasteiger partial charge on any atom is -0.507 e. The molecule has 9 heteroatoms. The molecule has 1 aliphatic heterocycles. The fraction of sp³-hybridized carbons (Fsp3) is 0.409. The molecule has 0 radical (unpaired) electrons. The van der Waals surface area contributed by atoms with E-state index in [1.807, 2.05) is 0 Å². The van der Waals surface area contributed by atoms with Gasteiger partial charge >= 0.3 is 7.60 Å². The van der Waals surface area contributed by atoms with Gasteiger partial charge in [-0.1, -0.05) is 24.3 Å². The number of rotatable bonds is 9. The lowest BCUT2D eigenvalue weighted by Gasteiger charge is -2.29. The van der Waals surface area contributed by atoms with Gasteiger partial charge < -0.3 is 18.9 Å². The van der Waals surface area contributed by atoms with Gasteiger partial charge in [-0.3, -0.25) is 14.2 Å². The molecule has 2 aromatic rings. The Labute approximate surface area is 182 Å². The summed E-state index contributed by atoms with van der Waals surface area (Å²) in [7, 11) is -0.602. The molecular formula is C22H28NO7P. The van der Waals surface area contributed by atoms with E-state index in [1.165, 1.54) is 17.2 Å². The Morgan fingerprint density at radius 1 is 1.10 bits per heavy atom. The number of methoxy groups -OCH3 is 1. The summed E-state index contributed by atoms with van der Waals surface area (Å²) >= 11 is 0. The molecule has 0 aromatic heterocycles. The zero-order valence-corrected chi connectivity index (χ0v) is 19.0. The van der Waals surface area contributed by atoms with Crippen molar-refractivity contribution in [3.05, 3.63) is 59.7 Å². The molecule has 0 unspecified atom stereocenters. The van der Waals surface area contributed by atoms with Gasteiger partial charge in [0.2, 0.25) is 0 Å². The van der Waals surface area contributed by atoms with E-state index in [2.05, 4.69) is 0 Å². The molecule has 0 bridgehead atoms. The van der Waals surface area contributed by atoms with Crippen LogP contribution in [0, 0.1) is 5.92 Å². The quantitative estimate of drug-likeness (QED) is 0.444. The first-order chi connectivity index (χ1) is 14.9. The highest BCUT2D eigenvalue weighted by molar-refractivity contribution is 7.54. The largest absolute Gasteiger partial charge is 0.507 e. The topological polar surface area (TPSA) is 94.5 Å². The minimum absolute atomic E-state index is 0.120. The van der Waals surface area contributed by atoms with Gasteiger partial charge in [-0.2, -0.15) is 5.06 Å². The fourth-order valence-electron chi connectivity index (χ4n) is 3.83. The van der Waals surface area contributed by atoms with Crippen molar-refractivity contribution in [2.24, 2.45) is 5.92 Å². The van der Waals surface area contributed by atoms with Gasteiger partial charge in [-0.25, -0.2) is 0 Å². The number of carbonyl (C=O) groups is 1. The molecule has 3 rings (SSSR count). The van der Waals surface area contributed by atoms with Crippen molar-refractivity contribution in [1.82, 2.24) is 5.06 Å². The Morgan fingerprint density at radius 2 is 1.71 bits per heavy atom. The van der Waals surface area contributed by atoms with E-state index in [0.29, 0.717) is 11.3 Å². The third-order valence-electron chi connectivity index (χ3n) is 5.16. The first kappa shape index (κ1) is 23.4. The molecule has 3 atom stereocenters. The normalized spacial score (nSPS) is 21.9. The van der Waals surface area contributed by atoms with Gasteiger partial charge in [0, 0.05) is 7.05 Å². The van der Waals surface area contributed by atoms with Crippen LogP contribution < -0.4 is 4.74 Å². The lowest BCUT2D eigenvalue weighted by atomic mass is 9.88. The molecule has 1 aliphatic rings. The van der Waals surface area contributed by atoms with E-state index in [0.717, 1.165) is 0 Å². The number of hydrogen-bond acceptors (Lipinski definition) is 8. The monoisotopic (exact) mass is 449 g/mol. The zero-order chi connectivity index (χ0) is 22.6. The number of ketones is 1. The first-order valence-electron chi connectivity index (χ1n) is 10.1. The van der Waals surface area contributed by atoms with Crippen molar-refractivity contribution >= 4 is 13.4 Å². The van der Waals surface area contributed by atoms with Gasteiger partial charge in [0.1, 0.15) is 23.4 Å².